The highest BCUT2D eigenvalue weighted by Gasteiger charge is 2.45. The van der Waals surface area contributed by atoms with Crippen LogP contribution in [0.1, 0.15) is 71.1 Å². The van der Waals surface area contributed by atoms with Gasteiger partial charge in [0.25, 0.3) is 0 Å². The maximum absolute atomic E-state index is 13.2. The monoisotopic (exact) mass is 296 g/mol. The second-order valence-corrected chi connectivity index (χ2v) is 6.83. The van der Waals surface area contributed by atoms with E-state index < -0.39 is 5.41 Å². The minimum absolute atomic E-state index is 0.221. The van der Waals surface area contributed by atoms with Crippen LogP contribution >= 0.6 is 12.2 Å². The summed E-state index contributed by atoms with van der Waals surface area (Å²) in [6.07, 6.45) is 11.1. The first-order valence-electron chi connectivity index (χ1n) is 8.23. The van der Waals surface area contributed by atoms with Gasteiger partial charge in [-0.2, -0.15) is 0 Å². The maximum Gasteiger partial charge on any atom is 0.235 e. The highest BCUT2D eigenvalue weighted by Crippen LogP contribution is 2.39. The molecular formula is C16H28N2OS. The lowest BCUT2D eigenvalue weighted by Crippen LogP contribution is -2.54. The van der Waals surface area contributed by atoms with Crippen molar-refractivity contribution in [3.63, 3.8) is 0 Å². The van der Waals surface area contributed by atoms with Crippen LogP contribution in [0.4, 0.5) is 0 Å². The zero-order valence-electron chi connectivity index (χ0n) is 12.7. The SMILES string of the molecule is CCN(C(=O)C1(C(N)=S)CCCCC1)C1CCCCC1. The van der Waals surface area contributed by atoms with Gasteiger partial charge in [0.2, 0.25) is 5.91 Å². The third-order valence-corrected chi connectivity index (χ3v) is 5.60. The molecule has 0 unspecified atom stereocenters. The van der Waals surface area contributed by atoms with Crippen LogP contribution in [0, 0.1) is 5.41 Å². The molecule has 1 amide bonds. The van der Waals surface area contributed by atoms with E-state index in [4.69, 9.17) is 18.0 Å². The van der Waals surface area contributed by atoms with Crippen molar-refractivity contribution in [3.05, 3.63) is 0 Å². The highest BCUT2D eigenvalue weighted by atomic mass is 32.1. The van der Waals surface area contributed by atoms with Crippen molar-refractivity contribution in [2.75, 3.05) is 6.54 Å². The van der Waals surface area contributed by atoms with E-state index in [9.17, 15) is 4.79 Å². The molecule has 20 heavy (non-hydrogen) atoms. The Kier molecular flexibility index (Phi) is 5.42. The van der Waals surface area contributed by atoms with Crippen molar-refractivity contribution in [3.8, 4) is 0 Å². The Balaban J connectivity index is 2.18. The summed E-state index contributed by atoms with van der Waals surface area (Å²) in [5.74, 6) is 0.221. The van der Waals surface area contributed by atoms with Crippen LogP contribution in [-0.2, 0) is 4.79 Å². The van der Waals surface area contributed by atoms with Crippen LogP contribution in [0.25, 0.3) is 0 Å². The number of rotatable bonds is 4. The molecule has 2 fully saturated rings. The van der Waals surface area contributed by atoms with E-state index in [1.807, 2.05) is 0 Å². The zero-order chi connectivity index (χ0) is 14.6. The molecule has 0 atom stereocenters. The van der Waals surface area contributed by atoms with Crippen LogP contribution in [0.5, 0.6) is 0 Å². The van der Waals surface area contributed by atoms with Gasteiger partial charge < -0.3 is 10.6 Å². The topological polar surface area (TPSA) is 46.3 Å². The lowest BCUT2D eigenvalue weighted by molar-refractivity contribution is -0.142. The molecule has 3 nitrogen and oxygen atoms in total. The highest BCUT2D eigenvalue weighted by molar-refractivity contribution is 7.80. The standard InChI is InChI=1S/C16H28N2OS/c1-2-18(13-9-5-3-6-10-13)15(19)16(14(17)20)11-7-4-8-12-16/h13H,2-12H2,1H3,(H2,17,20). The van der Waals surface area contributed by atoms with Crippen molar-refractivity contribution >= 4 is 23.1 Å². The fraction of sp³-hybridized carbons (Fsp3) is 0.875. The molecule has 0 bridgehead atoms. The summed E-state index contributed by atoms with van der Waals surface area (Å²) in [5, 5.41) is 0. The van der Waals surface area contributed by atoms with E-state index in [1.54, 1.807) is 0 Å². The molecule has 0 aliphatic heterocycles. The molecule has 2 rings (SSSR count). The molecule has 0 aromatic carbocycles. The first-order valence-corrected chi connectivity index (χ1v) is 8.63. The molecule has 114 valence electrons. The minimum atomic E-state index is -0.541. The molecule has 0 saturated heterocycles. The minimum Gasteiger partial charge on any atom is -0.392 e. The number of nitrogens with zero attached hydrogens (tertiary/aromatic N) is 1. The molecule has 0 heterocycles. The van der Waals surface area contributed by atoms with Crippen LogP contribution in [0.3, 0.4) is 0 Å². The van der Waals surface area contributed by atoms with Crippen LogP contribution in [0.15, 0.2) is 0 Å². The molecule has 0 aromatic rings. The van der Waals surface area contributed by atoms with E-state index in [2.05, 4.69) is 11.8 Å². The Hall–Kier alpha value is -0.640. The van der Waals surface area contributed by atoms with Gasteiger partial charge in [-0.05, 0) is 32.6 Å². The largest absolute Gasteiger partial charge is 0.392 e. The molecule has 0 radical (unpaired) electrons. The average Bonchev–Trinajstić information content (AvgIpc) is 2.49. The Morgan fingerprint density at radius 2 is 1.70 bits per heavy atom. The molecule has 2 saturated carbocycles. The van der Waals surface area contributed by atoms with Gasteiger partial charge in [-0.1, -0.05) is 50.7 Å². The van der Waals surface area contributed by atoms with Gasteiger partial charge in [0.05, 0.1) is 10.4 Å². The van der Waals surface area contributed by atoms with E-state index in [0.29, 0.717) is 11.0 Å². The Morgan fingerprint density at radius 3 is 2.20 bits per heavy atom. The van der Waals surface area contributed by atoms with Crippen molar-refractivity contribution < 1.29 is 4.79 Å². The lowest BCUT2D eigenvalue weighted by atomic mass is 9.72. The average molecular weight is 296 g/mol. The summed E-state index contributed by atoms with van der Waals surface area (Å²) in [5.41, 5.74) is 5.47. The second-order valence-electron chi connectivity index (χ2n) is 6.39. The smallest absolute Gasteiger partial charge is 0.235 e. The summed E-state index contributed by atoms with van der Waals surface area (Å²) >= 11 is 5.30. The number of carbonyl (C=O) groups is 1. The molecule has 4 heteroatoms. The number of amides is 1. The van der Waals surface area contributed by atoms with Crippen molar-refractivity contribution in [2.24, 2.45) is 11.1 Å². The molecule has 2 N–H and O–H groups in total. The number of hydrogen-bond donors (Lipinski definition) is 1. The fourth-order valence-electron chi connectivity index (χ4n) is 3.96. The van der Waals surface area contributed by atoms with Gasteiger partial charge >= 0.3 is 0 Å². The summed E-state index contributed by atoms with van der Waals surface area (Å²) < 4.78 is 0. The normalized spacial score (nSPS) is 23.2. The van der Waals surface area contributed by atoms with E-state index in [-0.39, 0.29) is 5.91 Å². The van der Waals surface area contributed by atoms with Crippen LogP contribution in [-0.4, -0.2) is 28.4 Å². The Bertz CT molecular complexity index is 357. The summed E-state index contributed by atoms with van der Waals surface area (Å²) in [6.45, 7) is 2.87. The lowest BCUT2D eigenvalue weighted by Gasteiger charge is -2.42. The van der Waals surface area contributed by atoms with Crippen molar-refractivity contribution in [1.29, 1.82) is 0 Å². The number of carbonyl (C=O) groups excluding carboxylic acids is 1. The summed E-state index contributed by atoms with van der Waals surface area (Å²) in [6, 6.07) is 0.411. The summed E-state index contributed by atoms with van der Waals surface area (Å²) in [7, 11) is 0. The van der Waals surface area contributed by atoms with Gasteiger partial charge in [-0.15, -0.1) is 0 Å². The number of thiocarbonyl (C=S) groups is 1. The van der Waals surface area contributed by atoms with Gasteiger partial charge in [0, 0.05) is 12.6 Å². The first kappa shape index (κ1) is 15.7. The predicted molar refractivity (Wildman–Crippen MR) is 86.6 cm³/mol. The van der Waals surface area contributed by atoms with Crippen molar-refractivity contribution in [1.82, 2.24) is 4.90 Å². The van der Waals surface area contributed by atoms with Gasteiger partial charge in [0.1, 0.15) is 0 Å². The van der Waals surface area contributed by atoms with Crippen molar-refractivity contribution in [2.45, 2.75) is 77.2 Å². The molecule has 0 aromatic heterocycles. The second kappa shape index (κ2) is 6.88. The van der Waals surface area contributed by atoms with Crippen LogP contribution in [0.2, 0.25) is 0 Å². The third-order valence-electron chi connectivity index (χ3n) is 5.21. The summed E-state index contributed by atoms with van der Waals surface area (Å²) in [4.78, 5) is 15.7. The third kappa shape index (κ3) is 3.00. The Morgan fingerprint density at radius 1 is 1.15 bits per heavy atom. The van der Waals surface area contributed by atoms with E-state index in [1.165, 1.54) is 25.7 Å². The van der Waals surface area contributed by atoms with Gasteiger partial charge in [-0.3, -0.25) is 4.79 Å². The number of hydrogen-bond acceptors (Lipinski definition) is 2. The Labute approximate surface area is 128 Å². The van der Waals surface area contributed by atoms with Gasteiger partial charge in [-0.25, -0.2) is 0 Å². The van der Waals surface area contributed by atoms with Crippen LogP contribution < -0.4 is 5.73 Å². The molecule has 2 aliphatic rings. The molecule has 2 aliphatic carbocycles. The first-order chi connectivity index (χ1) is 9.62. The molecular weight excluding hydrogens is 268 g/mol. The van der Waals surface area contributed by atoms with E-state index >= 15 is 0 Å². The fourth-order valence-corrected chi connectivity index (χ4v) is 4.25. The quantitative estimate of drug-likeness (QED) is 0.809. The van der Waals surface area contributed by atoms with E-state index in [0.717, 1.165) is 45.1 Å². The molecule has 0 spiro atoms. The predicted octanol–water partition coefficient (Wildman–Crippen LogP) is 3.40. The van der Waals surface area contributed by atoms with Gasteiger partial charge in [0.15, 0.2) is 0 Å². The number of nitrogens with two attached hydrogens (primary N) is 1. The zero-order valence-corrected chi connectivity index (χ0v) is 13.5. The maximum atomic E-state index is 13.2.